The van der Waals surface area contributed by atoms with Crippen LogP contribution in [0, 0.1) is 5.92 Å². The first kappa shape index (κ1) is 14.4. The van der Waals surface area contributed by atoms with E-state index in [1.807, 2.05) is 12.3 Å². The lowest BCUT2D eigenvalue weighted by Gasteiger charge is -2.15. The number of nitrogens with zero attached hydrogens (tertiary/aromatic N) is 3. The number of aliphatic hydroxyl groups excluding tert-OH is 1. The predicted molar refractivity (Wildman–Crippen MR) is 76.3 cm³/mol. The topological polar surface area (TPSA) is 56.7 Å². The molecule has 1 aromatic rings. The summed E-state index contributed by atoms with van der Waals surface area (Å²) in [7, 11) is 0. The average molecular weight is 283 g/mol. The summed E-state index contributed by atoms with van der Waals surface area (Å²) in [5.74, 6) is 0.437. The molecule has 1 aromatic heterocycles. The summed E-state index contributed by atoms with van der Waals surface area (Å²) in [6, 6.07) is 0. The second-order valence-corrected chi connectivity index (χ2v) is 5.79. The SMILES string of the molecule is CCN(C(C)=O)c1nc(CN2CCC(CO)C2)cs1. The Morgan fingerprint density at radius 2 is 2.47 bits per heavy atom. The van der Waals surface area contributed by atoms with Gasteiger partial charge in [0.25, 0.3) is 0 Å². The maximum Gasteiger partial charge on any atom is 0.225 e. The maximum absolute atomic E-state index is 11.5. The molecule has 5 nitrogen and oxygen atoms in total. The minimum Gasteiger partial charge on any atom is -0.396 e. The van der Waals surface area contributed by atoms with Gasteiger partial charge in [-0.2, -0.15) is 0 Å². The number of aliphatic hydroxyl groups is 1. The van der Waals surface area contributed by atoms with E-state index in [1.54, 1.807) is 11.8 Å². The lowest BCUT2D eigenvalue weighted by atomic mass is 10.1. The van der Waals surface area contributed by atoms with Gasteiger partial charge in [-0.25, -0.2) is 4.98 Å². The van der Waals surface area contributed by atoms with Crippen molar-refractivity contribution in [2.24, 2.45) is 5.92 Å². The molecule has 19 heavy (non-hydrogen) atoms. The summed E-state index contributed by atoms with van der Waals surface area (Å²) in [5.41, 5.74) is 1.01. The van der Waals surface area contributed by atoms with Crippen molar-refractivity contribution in [3.8, 4) is 0 Å². The second-order valence-electron chi connectivity index (χ2n) is 4.96. The van der Waals surface area contributed by atoms with E-state index in [1.165, 1.54) is 11.3 Å². The smallest absolute Gasteiger partial charge is 0.225 e. The van der Waals surface area contributed by atoms with E-state index in [0.29, 0.717) is 12.5 Å². The quantitative estimate of drug-likeness (QED) is 0.886. The lowest BCUT2D eigenvalue weighted by Crippen LogP contribution is -2.28. The number of rotatable bonds is 5. The van der Waals surface area contributed by atoms with Crippen molar-refractivity contribution in [3.63, 3.8) is 0 Å². The van der Waals surface area contributed by atoms with Crippen molar-refractivity contribution in [1.29, 1.82) is 0 Å². The molecule has 106 valence electrons. The second kappa shape index (κ2) is 6.45. The zero-order valence-electron chi connectivity index (χ0n) is 11.5. The first-order valence-electron chi connectivity index (χ1n) is 6.69. The number of hydrogen-bond acceptors (Lipinski definition) is 5. The molecule has 1 amide bonds. The van der Waals surface area contributed by atoms with Crippen molar-refractivity contribution in [2.45, 2.75) is 26.8 Å². The Balaban J connectivity index is 1.96. The maximum atomic E-state index is 11.5. The summed E-state index contributed by atoms with van der Waals surface area (Å²) in [6.07, 6.45) is 1.06. The predicted octanol–water partition coefficient (Wildman–Crippen LogP) is 1.33. The average Bonchev–Trinajstić information content (AvgIpc) is 3.00. The van der Waals surface area contributed by atoms with Crippen LogP contribution in [-0.2, 0) is 11.3 Å². The van der Waals surface area contributed by atoms with Gasteiger partial charge in [0.15, 0.2) is 5.13 Å². The van der Waals surface area contributed by atoms with Crippen LogP contribution in [0.25, 0.3) is 0 Å². The van der Waals surface area contributed by atoms with Crippen LogP contribution < -0.4 is 4.90 Å². The van der Waals surface area contributed by atoms with Crippen LogP contribution in [0.5, 0.6) is 0 Å². The molecule has 1 saturated heterocycles. The number of carbonyl (C=O) groups is 1. The Labute approximate surface area is 117 Å². The summed E-state index contributed by atoms with van der Waals surface area (Å²) in [4.78, 5) is 20.0. The molecule has 0 aromatic carbocycles. The molecule has 0 saturated carbocycles. The Hall–Kier alpha value is -0.980. The Morgan fingerprint density at radius 1 is 1.68 bits per heavy atom. The highest BCUT2D eigenvalue weighted by atomic mass is 32.1. The molecular weight excluding hydrogens is 262 g/mol. The molecule has 1 aliphatic rings. The molecule has 1 N–H and O–H groups in total. The molecule has 6 heteroatoms. The molecule has 0 spiro atoms. The fraction of sp³-hybridized carbons (Fsp3) is 0.692. The molecule has 0 bridgehead atoms. The monoisotopic (exact) mass is 283 g/mol. The highest BCUT2D eigenvalue weighted by molar-refractivity contribution is 7.14. The van der Waals surface area contributed by atoms with Crippen LogP contribution in [0.3, 0.4) is 0 Å². The van der Waals surface area contributed by atoms with Crippen molar-refractivity contribution in [2.75, 3.05) is 31.1 Å². The number of hydrogen-bond donors (Lipinski definition) is 1. The molecule has 1 atom stereocenters. The normalized spacial score (nSPS) is 19.8. The van der Waals surface area contributed by atoms with Crippen LogP contribution >= 0.6 is 11.3 Å². The van der Waals surface area contributed by atoms with E-state index in [4.69, 9.17) is 5.11 Å². The Kier molecular flexibility index (Phi) is 4.90. The largest absolute Gasteiger partial charge is 0.396 e. The number of carbonyl (C=O) groups excluding carboxylic acids is 1. The summed E-state index contributed by atoms with van der Waals surface area (Å²) >= 11 is 1.52. The van der Waals surface area contributed by atoms with Gasteiger partial charge in [-0.05, 0) is 25.8 Å². The van der Waals surface area contributed by atoms with Crippen LogP contribution in [0.4, 0.5) is 5.13 Å². The minimum absolute atomic E-state index is 0.0323. The van der Waals surface area contributed by atoms with Gasteiger partial charge in [-0.1, -0.05) is 0 Å². The standard InChI is InChI=1S/C13H21N3O2S/c1-3-16(10(2)18)13-14-12(9-19-13)7-15-5-4-11(6-15)8-17/h9,11,17H,3-8H2,1-2H3. The van der Waals surface area contributed by atoms with Crippen LogP contribution in [0.1, 0.15) is 26.0 Å². The third-order valence-electron chi connectivity index (χ3n) is 3.48. The first-order chi connectivity index (χ1) is 9.13. The van der Waals surface area contributed by atoms with Gasteiger partial charge in [0.1, 0.15) is 0 Å². The third kappa shape index (κ3) is 3.52. The summed E-state index contributed by atoms with van der Waals surface area (Å²) in [6.45, 7) is 7.20. The summed E-state index contributed by atoms with van der Waals surface area (Å²) in [5, 5.41) is 11.9. The van der Waals surface area contributed by atoms with Crippen LogP contribution in [0.2, 0.25) is 0 Å². The van der Waals surface area contributed by atoms with Crippen molar-refractivity contribution < 1.29 is 9.90 Å². The van der Waals surface area contributed by atoms with Crippen molar-refractivity contribution >= 4 is 22.4 Å². The number of amides is 1. The highest BCUT2D eigenvalue weighted by Gasteiger charge is 2.22. The van der Waals surface area contributed by atoms with Gasteiger partial charge < -0.3 is 5.11 Å². The van der Waals surface area contributed by atoms with Gasteiger partial charge >= 0.3 is 0 Å². The minimum atomic E-state index is 0.0323. The molecule has 2 heterocycles. The lowest BCUT2D eigenvalue weighted by molar-refractivity contribution is -0.116. The van der Waals surface area contributed by atoms with Crippen LogP contribution in [0.15, 0.2) is 5.38 Å². The molecule has 1 aliphatic heterocycles. The fourth-order valence-electron chi connectivity index (χ4n) is 2.42. The van der Waals surface area contributed by atoms with E-state index in [-0.39, 0.29) is 12.5 Å². The Morgan fingerprint density at radius 3 is 3.05 bits per heavy atom. The van der Waals surface area contributed by atoms with Crippen LogP contribution in [-0.4, -0.2) is 47.1 Å². The molecule has 1 unspecified atom stereocenters. The molecular formula is C13H21N3O2S. The van der Waals surface area contributed by atoms with Gasteiger partial charge in [0.2, 0.25) is 5.91 Å². The van der Waals surface area contributed by atoms with E-state index < -0.39 is 0 Å². The van der Waals surface area contributed by atoms with Gasteiger partial charge in [-0.3, -0.25) is 14.6 Å². The fourth-order valence-corrected chi connectivity index (χ4v) is 3.34. The van der Waals surface area contributed by atoms with E-state index in [2.05, 4.69) is 9.88 Å². The highest BCUT2D eigenvalue weighted by Crippen LogP contribution is 2.23. The number of thiazole rings is 1. The van der Waals surface area contributed by atoms with E-state index >= 15 is 0 Å². The first-order valence-corrected chi connectivity index (χ1v) is 7.57. The zero-order chi connectivity index (χ0) is 13.8. The zero-order valence-corrected chi connectivity index (χ0v) is 12.3. The molecule has 2 rings (SSSR count). The third-order valence-corrected chi connectivity index (χ3v) is 4.39. The van der Waals surface area contributed by atoms with E-state index in [9.17, 15) is 4.79 Å². The van der Waals surface area contributed by atoms with Gasteiger partial charge in [-0.15, -0.1) is 11.3 Å². The Bertz CT molecular complexity index is 435. The number of aromatic nitrogens is 1. The number of likely N-dealkylation sites (tertiary alicyclic amines) is 1. The van der Waals surface area contributed by atoms with Crippen molar-refractivity contribution in [1.82, 2.24) is 9.88 Å². The van der Waals surface area contributed by atoms with Gasteiger partial charge in [0.05, 0.1) is 5.69 Å². The molecule has 0 aliphatic carbocycles. The molecule has 0 radical (unpaired) electrons. The number of anilines is 1. The summed E-state index contributed by atoms with van der Waals surface area (Å²) < 4.78 is 0. The van der Waals surface area contributed by atoms with E-state index in [0.717, 1.165) is 36.9 Å². The van der Waals surface area contributed by atoms with Crippen molar-refractivity contribution in [3.05, 3.63) is 11.1 Å². The molecule has 1 fully saturated rings. The van der Waals surface area contributed by atoms with Gasteiger partial charge in [0, 0.05) is 38.5 Å².